The minimum absolute atomic E-state index is 0.0232. The molecule has 1 aromatic heterocycles. The molecule has 0 radical (unpaired) electrons. The van der Waals surface area contributed by atoms with Gasteiger partial charge in [-0.15, -0.1) is 0 Å². The summed E-state index contributed by atoms with van der Waals surface area (Å²) in [6.45, 7) is 4.33. The fraction of sp³-hybridized carbons (Fsp3) is 0.357. The van der Waals surface area contributed by atoms with E-state index in [4.69, 9.17) is 17.3 Å². The molecule has 0 saturated carbocycles. The molecule has 0 spiro atoms. The van der Waals surface area contributed by atoms with Crippen LogP contribution in [0.15, 0.2) is 35.2 Å². The number of hydrogen-bond acceptors (Lipinski definition) is 2. The van der Waals surface area contributed by atoms with Crippen molar-refractivity contribution in [3.05, 3.63) is 45.9 Å². The fourth-order valence-electron chi connectivity index (χ4n) is 2.06. The van der Waals surface area contributed by atoms with Gasteiger partial charge in [-0.25, -0.2) is 4.98 Å². The van der Waals surface area contributed by atoms with E-state index in [2.05, 4.69) is 34.8 Å². The highest BCUT2D eigenvalue weighted by atomic mass is 79.9. The highest BCUT2D eigenvalue weighted by molar-refractivity contribution is 9.10. The molecule has 0 saturated heterocycles. The molecule has 1 atom stereocenters. The zero-order chi connectivity index (χ0) is 14.0. The van der Waals surface area contributed by atoms with Gasteiger partial charge in [-0.1, -0.05) is 25.4 Å². The Morgan fingerprint density at radius 2 is 2.16 bits per heavy atom. The van der Waals surface area contributed by atoms with Crippen molar-refractivity contribution in [1.29, 1.82) is 0 Å². The molecule has 1 aromatic carbocycles. The molecule has 1 heterocycles. The Labute approximate surface area is 126 Å². The SMILES string of the molecule is CC(C)CC(N)c1cncn1-c1ccc(Br)c(Cl)c1. The molecule has 5 heteroatoms. The van der Waals surface area contributed by atoms with Gasteiger partial charge in [-0.2, -0.15) is 0 Å². The molecule has 0 aliphatic rings. The molecule has 2 aromatic rings. The quantitative estimate of drug-likeness (QED) is 0.898. The largest absolute Gasteiger partial charge is 0.323 e. The number of nitrogens with zero attached hydrogens (tertiary/aromatic N) is 2. The molecule has 2 N–H and O–H groups in total. The molecular weight excluding hydrogens is 326 g/mol. The predicted molar refractivity (Wildman–Crippen MR) is 82.7 cm³/mol. The van der Waals surface area contributed by atoms with E-state index in [0.29, 0.717) is 10.9 Å². The van der Waals surface area contributed by atoms with Gasteiger partial charge in [0, 0.05) is 16.2 Å². The second kappa shape index (κ2) is 6.07. The van der Waals surface area contributed by atoms with Gasteiger partial charge in [0.15, 0.2) is 0 Å². The first-order chi connectivity index (χ1) is 8.99. The summed E-state index contributed by atoms with van der Waals surface area (Å²) in [5.41, 5.74) is 8.22. The van der Waals surface area contributed by atoms with Crippen molar-refractivity contribution in [3.8, 4) is 5.69 Å². The minimum Gasteiger partial charge on any atom is -0.323 e. The zero-order valence-electron chi connectivity index (χ0n) is 11.0. The maximum Gasteiger partial charge on any atom is 0.0994 e. The summed E-state index contributed by atoms with van der Waals surface area (Å²) in [4.78, 5) is 4.21. The summed E-state index contributed by atoms with van der Waals surface area (Å²) >= 11 is 9.53. The van der Waals surface area contributed by atoms with Crippen molar-refractivity contribution in [2.24, 2.45) is 11.7 Å². The summed E-state index contributed by atoms with van der Waals surface area (Å²) in [5.74, 6) is 0.548. The van der Waals surface area contributed by atoms with Crippen LogP contribution in [0.4, 0.5) is 0 Å². The Morgan fingerprint density at radius 3 is 2.79 bits per heavy atom. The molecule has 0 aliphatic carbocycles. The number of hydrogen-bond donors (Lipinski definition) is 1. The molecule has 0 bridgehead atoms. The van der Waals surface area contributed by atoms with Crippen LogP contribution in [0.25, 0.3) is 5.69 Å². The molecule has 0 fully saturated rings. The van der Waals surface area contributed by atoms with Crippen LogP contribution >= 0.6 is 27.5 Å². The van der Waals surface area contributed by atoms with Gasteiger partial charge in [-0.3, -0.25) is 0 Å². The van der Waals surface area contributed by atoms with E-state index in [1.165, 1.54) is 0 Å². The van der Waals surface area contributed by atoms with Gasteiger partial charge in [0.25, 0.3) is 0 Å². The number of aromatic nitrogens is 2. The molecule has 3 nitrogen and oxygen atoms in total. The molecule has 1 unspecified atom stereocenters. The van der Waals surface area contributed by atoms with Gasteiger partial charge < -0.3 is 10.3 Å². The fourth-order valence-corrected chi connectivity index (χ4v) is 2.48. The third-order valence-electron chi connectivity index (χ3n) is 2.95. The van der Waals surface area contributed by atoms with E-state index < -0.39 is 0 Å². The average Bonchev–Trinajstić information content (AvgIpc) is 2.81. The molecular formula is C14H17BrClN3. The molecule has 0 amide bonds. The first-order valence-corrected chi connectivity index (χ1v) is 7.39. The highest BCUT2D eigenvalue weighted by Gasteiger charge is 2.14. The molecule has 19 heavy (non-hydrogen) atoms. The lowest BCUT2D eigenvalue weighted by Gasteiger charge is -2.16. The molecule has 2 rings (SSSR count). The van der Waals surface area contributed by atoms with E-state index in [9.17, 15) is 0 Å². The summed E-state index contributed by atoms with van der Waals surface area (Å²) in [5, 5.41) is 0.676. The topological polar surface area (TPSA) is 43.8 Å². The second-order valence-corrected chi connectivity index (χ2v) is 6.28. The maximum absolute atomic E-state index is 6.24. The highest BCUT2D eigenvalue weighted by Crippen LogP contribution is 2.27. The van der Waals surface area contributed by atoms with E-state index in [1.54, 1.807) is 6.33 Å². The summed E-state index contributed by atoms with van der Waals surface area (Å²) < 4.78 is 2.87. The number of imidazole rings is 1. The monoisotopic (exact) mass is 341 g/mol. The summed E-state index contributed by atoms with van der Waals surface area (Å²) in [6.07, 6.45) is 4.52. The predicted octanol–water partition coefficient (Wildman–Crippen LogP) is 4.33. The standard InChI is InChI=1S/C14H17BrClN3/c1-9(2)5-13(17)14-7-18-8-19(14)10-3-4-11(15)12(16)6-10/h3-4,6-9,13H,5,17H2,1-2H3. The minimum atomic E-state index is -0.0232. The van der Waals surface area contributed by atoms with Crippen molar-refractivity contribution < 1.29 is 0 Å². The van der Waals surface area contributed by atoms with Gasteiger partial charge in [0.1, 0.15) is 0 Å². The number of benzene rings is 1. The van der Waals surface area contributed by atoms with Crippen molar-refractivity contribution in [2.45, 2.75) is 26.3 Å². The normalized spacial score (nSPS) is 12.9. The van der Waals surface area contributed by atoms with Crippen molar-refractivity contribution in [1.82, 2.24) is 9.55 Å². The van der Waals surface area contributed by atoms with Crippen LogP contribution in [-0.4, -0.2) is 9.55 Å². The van der Waals surface area contributed by atoms with Crippen LogP contribution in [0.1, 0.15) is 32.0 Å². The van der Waals surface area contributed by atoms with Gasteiger partial charge in [-0.05, 0) is 46.5 Å². The van der Waals surface area contributed by atoms with Crippen LogP contribution in [0.2, 0.25) is 5.02 Å². The lowest BCUT2D eigenvalue weighted by molar-refractivity contribution is 0.498. The Morgan fingerprint density at radius 1 is 1.42 bits per heavy atom. The van der Waals surface area contributed by atoms with Crippen molar-refractivity contribution >= 4 is 27.5 Å². The summed E-state index contributed by atoms with van der Waals surface area (Å²) in [6, 6.07) is 5.79. The Kier molecular flexibility index (Phi) is 4.66. The average molecular weight is 343 g/mol. The van der Waals surface area contributed by atoms with Gasteiger partial charge in [0.05, 0.1) is 23.2 Å². The zero-order valence-corrected chi connectivity index (χ0v) is 13.3. The summed E-state index contributed by atoms with van der Waals surface area (Å²) in [7, 11) is 0. The van der Waals surface area contributed by atoms with Crippen LogP contribution in [0, 0.1) is 5.92 Å². The van der Waals surface area contributed by atoms with Crippen LogP contribution in [-0.2, 0) is 0 Å². The van der Waals surface area contributed by atoms with Crippen molar-refractivity contribution in [3.63, 3.8) is 0 Å². The van der Waals surface area contributed by atoms with Gasteiger partial charge in [0.2, 0.25) is 0 Å². The van der Waals surface area contributed by atoms with E-state index in [-0.39, 0.29) is 6.04 Å². The second-order valence-electron chi connectivity index (χ2n) is 5.02. The third-order valence-corrected chi connectivity index (χ3v) is 4.19. The van der Waals surface area contributed by atoms with Crippen LogP contribution in [0.5, 0.6) is 0 Å². The van der Waals surface area contributed by atoms with Crippen molar-refractivity contribution in [2.75, 3.05) is 0 Å². The Balaban J connectivity index is 2.35. The number of nitrogens with two attached hydrogens (primary N) is 1. The van der Waals surface area contributed by atoms with Crippen LogP contribution in [0.3, 0.4) is 0 Å². The Bertz CT molecular complexity index is 566. The van der Waals surface area contributed by atoms with Gasteiger partial charge >= 0.3 is 0 Å². The first kappa shape index (κ1) is 14.6. The number of halogens is 2. The molecule has 0 aliphatic heterocycles. The lowest BCUT2D eigenvalue weighted by atomic mass is 10.0. The molecule has 102 valence electrons. The van der Waals surface area contributed by atoms with Crippen LogP contribution < -0.4 is 5.73 Å². The maximum atomic E-state index is 6.24. The lowest BCUT2D eigenvalue weighted by Crippen LogP contribution is -2.16. The first-order valence-electron chi connectivity index (χ1n) is 6.22. The Hall–Kier alpha value is -0.840. The smallest absolute Gasteiger partial charge is 0.0994 e. The van der Waals surface area contributed by atoms with E-state index in [1.807, 2.05) is 29.0 Å². The van der Waals surface area contributed by atoms with E-state index >= 15 is 0 Å². The number of rotatable bonds is 4. The van der Waals surface area contributed by atoms with E-state index in [0.717, 1.165) is 22.3 Å². The third kappa shape index (κ3) is 3.38.